The Bertz CT molecular complexity index is 1190. The smallest absolute Gasteiger partial charge is 0.252 e. The average molecular weight is 514 g/mol. The lowest BCUT2D eigenvalue weighted by Crippen LogP contribution is -2.50. The van der Waals surface area contributed by atoms with Crippen LogP contribution in [0, 0.1) is 5.92 Å². The topological polar surface area (TPSA) is 81.7 Å². The fourth-order valence-corrected chi connectivity index (χ4v) is 4.76. The molecule has 1 saturated heterocycles. The number of rotatable bonds is 8. The van der Waals surface area contributed by atoms with Gasteiger partial charge in [-0.25, -0.2) is 0 Å². The molecule has 0 saturated carbocycles. The molecule has 1 aliphatic heterocycles. The highest BCUT2D eigenvalue weighted by atomic mass is 35.5. The van der Waals surface area contributed by atoms with E-state index in [-0.39, 0.29) is 10.6 Å². The number of carbonyl (C=O) groups is 2. The number of aliphatic hydroxyl groups is 1. The minimum Gasteiger partial charge on any atom is -0.394 e. The molecule has 184 valence electrons. The Kier molecular flexibility index (Phi) is 8.63. The van der Waals surface area contributed by atoms with E-state index in [0.29, 0.717) is 17.5 Å². The predicted octanol–water partition coefficient (Wildman–Crippen LogP) is 4.27. The van der Waals surface area contributed by atoms with E-state index in [1.165, 1.54) is 34.5 Å². The van der Waals surface area contributed by atoms with Gasteiger partial charge < -0.3 is 15.7 Å². The summed E-state index contributed by atoms with van der Waals surface area (Å²) in [5.41, 5.74) is 1.60. The van der Waals surface area contributed by atoms with Crippen LogP contribution < -0.4 is 10.6 Å². The molecule has 3 N–H and O–H groups in total. The molecule has 4 rings (SSSR count). The summed E-state index contributed by atoms with van der Waals surface area (Å²) in [7, 11) is 0. The second kappa shape index (κ2) is 11.9. The Labute approximate surface area is 215 Å². The SMILES string of the molecule is O=C(N[C@@H](CO)C(=O)NCC1CCN(Cc2cccc3ccccc23)CC1)c1ccc(Cl)c(Cl)c1. The lowest BCUT2D eigenvalue weighted by molar-refractivity contribution is -0.124. The van der Waals surface area contributed by atoms with Crippen LogP contribution in [-0.4, -0.2) is 54.1 Å². The fourth-order valence-electron chi connectivity index (χ4n) is 4.46. The van der Waals surface area contributed by atoms with Gasteiger partial charge in [-0.15, -0.1) is 0 Å². The lowest BCUT2D eigenvalue weighted by Gasteiger charge is -2.32. The first kappa shape index (κ1) is 25.5. The van der Waals surface area contributed by atoms with Crippen LogP contribution in [0.3, 0.4) is 0 Å². The minimum atomic E-state index is -1.04. The molecular weight excluding hydrogens is 485 g/mol. The van der Waals surface area contributed by atoms with Crippen molar-refractivity contribution in [3.63, 3.8) is 0 Å². The second-order valence-corrected chi connectivity index (χ2v) is 9.75. The van der Waals surface area contributed by atoms with E-state index in [1.54, 1.807) is 0 Å². The molecule has 1 heterocycles. The van der Waals surface area contributed by atoms with Crippen molar-refractivity contribution in [1.82, 2.24) is 15.5 Å². The predicted molar refractivity (Wildman–Crippen MR) is 140 cm³/mol. The third-order valence-electron chi connectivity index (χ3n) is 6.53. The first-order valence-corrected chi connectivity index (χ1v) is 12.5. The maximum atomic E-state index is 12.6. The van der Waals surface area contributed by atoms with Crippen molar-refractivity contribution in [2.75, 3.05) is 26.2 Å². The van der Waals surface area contributed by atoms with E-state index >= 15 is 0 Å². The van der Waals surface area contributed by atoms with Crippen LogP contribution in [0.15, 0.2) is 60.7 Å². The molecule has 3 aromatic rings. The van der Waals surface area contributed by atoms with Crippen LogP contribution in [0.4, 0.5) is 0 Å². The zero-order valence-corrected chi connectivity index (χ0v) is 20.9. The summed E-state index contributed by atoms with van der Waals surface area (Å²) in [6.07, 6.45) is 1.95. The maximum absolute atomic E-state index is 12.6. The van der Waals surface area contributed by atoms with Crippen molar-refractivity contribution >= 4 is 45.8 Å². The summed E-state index contributed by atoms with van der Waals surface area (Å²) >= 11 is 11.8. The van der Waals surface area contributed by atoms with Gasteiger partial charge in [-0.2, -0.15) is 0 Å². The number of halogens is 2. The summed E-state index contributed by atoms with van der Waals surface area (Å²) in [5, 5.41) is 18.2. The number of benzene rings is 3. The lowest BCUT2D eigenvalue weighted by atomic mass is 9.95. The van der Waals surface area contributed by atoms with Gasteiger partial charge in [0.2, 0.25) is 5.91 Å². The third kappa shape index (κ3) is 6.53. The zero-order chi connectivity index (χ0) is 24.8. The molecule has 0 bridgehead atoms. The number of hydrogen-bond acceptors (Lipinski definition) is 4. The first-order valence-electron chi connectivity index (χ1n) is 11.8. The molecule has 35 heavy (non-hydrogen) atoms. The van der Waals surface area contributed by atoms with Crippen molar-refractivity contribution in [3.05, 3.63) is 81.8 Å². The quantitative estimate of drug-likeness (QED) is 0.420. The number of nitrogens with zero attached hydrogens (tertiary/aromatic N) is 1. The zero-order valence-electron chi connectivity index (χ0n) is 19.3. The molecule has 1 atom stereocenters. The van der Waals surface area contributed by atoms with Gasteiger partial charge in [0.15, 0.2) is 0 Å². The minimum absolute atomic E-state index is 0.246. The molecule has 0 aliphatic carbocycles. The van der Waals surface area contributed by atoms with E-state index in [4.69, 9.17) is 23.2 Å². The highest BCUT2D eigenvalue weighted by Gasteiger charge is 2.24. The van der Waals surface area contributed by atoms with E-state index in [2.05, 4.69) is 58.0 Å². The van der Waals surface area contributed by atoms with Gasteiger partial charge in [-0.05, 0) is 66.4 Å². The summed E-state index contributed by atoms with van der Waals surface area (Å²) in [5.74, 6) is -0.550. The van der Waals surface area contributed by atoms with E-state index in [1.807, 2.05) is 0 Å². The molecule has 0 aromatic heterocycles. The number of amides is 2. The Hall–Kier alpha value is -2.64. The number of likely N-dealkylation sites (tertiary alicyclic amines) is 1. The molecule has 0 spiro atoms. The summed E-state index contributed by atoms with van der Waals surface area (Å²) in [6, 6.07) is 18.3. The Morgan fingerprint density at radius 1 is 1.00 bits per heavy atom. The second-order valence-electron chi connectivity index (χ2n) is 8.94. The fraction of sp³-hybridized carbons (Fsp3) is 0.333. The summed E-state index contributed by atoms with van der Waals surface area (Å²) < 4.78 is 0. The Balaban J connectivity index is 1.24. The molecular formula is C27H29Cl2N3O3. The van der Waals surface area contributed by atoms with E-state index < -0.39 is 24.5 Å². The molecule has 6 nitrogen and oxygen atoms in total. The average Bonchev–Trinajstić information content (AvgIpc) is 2.88. The van der Waals surface area contributed by atoms with Crippen molar-refractivity contribution in [3.8, 4) is 0 Å². The molecule has 0 radical (unpaired) electrons. The molecule has 1 fully saturated rings. The number of hydrogen-bond donors (Lipinski definition) is 3. The van der Waals surface area contributed by atoms with Gasteiger partial charge >= 0.3 is 0 Å². The van der Waals surface area contributed by atoms with Gasteiger partial charge in [0, 0.05) is 18.7 Å². The standard InChI is InChI=1S/C27H29Cl2N3O3/c28-23-9-8-20(14-24(23)29)26(34)31-25(17-33)27(35)30-15-18-10-12-32(13-11-18)16-21-6-3-5-19-4-1-2-7-22(19)21/h1-9,14,18,25,33H,10-13,15-17H2,(H,30,35)(H,31,34)/t25-/m0/s1. The number of nitrogens with one attached hydrogen (secondary N) is 2. The molecule has 3 aromatic carbocycles. The molecule has 8 heteroatoms. The molecule has 2 amide bonds. The first-order chi connectivity index (χ1) is 16.9. The van der Waals surface area contributed by atoms with Gasteiger partial charge in [0.1, 0.15) is 6.04 Å². The number of aliphatic hydroxyl groups excluding tert-OH is 1. The normalized spacial score (nSPS) is 15.6. The molecule has 0 unspecified atom stereocenters. The van der Waals surface area contributed by atoms with E-state index in [9.17, 15) is 14.7 Å². The van der Waals surface area contributed by atoms with Crippen molar-refractivity contribution in [1.29, 1.82) is 0 Å². The van der Waals surface area contributed by atoms with Gasteiger partial charge in [0.25, 0.3) is 5.91 Å². The Morgan fingerprint density at radius 2 is 1.74 bits per heavy atom. The number of fused-ring (bicyclic) bond motifs is 1. The highest BCUT2D eigenvalue weighted by molar-refractivity contribution is 6.42. The van der Waals surface area contributed by atoms with Gasteiger partial charge in [-0.1, -0.05) is 65.7 Å². The van der Waals surface area contributed by atoms with Crippen LogP contribution in [-0.2, 0) is 11.3 Å². The van der Waals surface area contributed by atoms with Crippen LogP contribution in [0.1, 0.15) is 28.8 Å². The monoisotopic (exact) mass is 513 g/mol. The third-order valence-corrected chi connectivity index (χ3v) is 7.27. The Morgan fingerprint density at radius 3 is 2.49 bits per heavy atom. The summed E-state index contributed by atoms with van der Waals surface area (Å²) in [4.78, 5) is 27.5. The van der Waals surface area contributed by atoms with E-state index in [0.717, 1.165) is 32.5 Å². The number of piperidine rings is 1. The largest absolute Gasteiger partial charge is 0.394 e. The summed E-state index contributed by atoms with van der Waals surface area (Å²) in [6.45, 7) is 2.85. The van der Waals surface area contributed by atoms with Crippen LogP contribution >= 0.6 is 23.2 Å². The van der Waals surface area contributed by atoms with Crippen molar-refractivity contribution in [2.45, 2.75) is 25.4 Å². The van der Waals surface area contributed by atoms with Gasteiger partial charge in [-0.3, -0.25) is 14.5 Å². The van der Waals surface area contributed by atoms with Crippen LogP contribution in [0.5, 0.6) is 0 Å². The maximum Gasteiger partial charge on any atom is 0.252 e. The number of carbonyl (C=O) groups excluding carboxylic acids is 2. The van der Waals surface area contributed by atoms with Gasteiger partial charge in [0.05, 0.1) is 16.7 Å². The van der Waals surface area contributed by atoms with Crippen molar-refractivity contribution < 1.29 is 14.7 Å². The van der Waals surface area contributed by atoms with Crippen LogP contribution in [0.25, 0.3) is 10.8 Å². The highest BCUT2D eigenvalue weighted by Crippen LogP contribution is 2.24. The van der Waals surface area contributed by atoms with Crippen LogP contribution in [0.2, 0.25) is 10.0 Å². The van der Waals surface area contributed by atoms with Crippen molar-refractivity contribution in [2.24, 2.45) is 5.92 Å². The molecule has 1 aliphatic rings.